The van der Waals surface area contributed by atoms with Crippen molar-refractivity contribution in [2.75, 3.05) is 26.2 Å². The Morgan fingerprint density at radius 2 is 2.33 bits per heavy atom. The standard InChI is InChI=1S/C16H26FN3O/c1-3-6-20-7-8-21-16(11-20)15(19-18)10-13-9-14(17)5-4-12(13)2/h4-5,9,15-16,19H,3,6-8,10-11,18H2,1-2H3. The fourth-order valence-corrected chi connectivity index (χ4v) is 2.89. The number of nitrogens with one attached hydrogen (secondary N) is 1. The van der Waals surface area contributed by atoms with E-state index in [1.54, 1.807) is 6.07 Å². The molecular formula is C16H26FN3O. The first-order valence-corrected chi connectivity index (χ1v) is 7.69. The molecular weight excluding hydrogens is 269 g/mol. The summed E-state index contributed by atoms with van der Waals surface area (Å²) in [5.74, 6) is 5.51. The van der Waals surface area contributed by atoms with E-state index < -0.39 is 0 Å². The van der Waals surface area contributed by atoms with Crippen molar-refractivity contribution in [3.8, 4) is 0 Å². The number of hydrazine groups is 1. The first-order valence-electron chi connectivity index (χ1n) is 7.69. The summed E-state index contributed by atoms with van der Waals surface area (Å²) in [7, 11) is 0. The molecule has 4 nitrogen and oxygen atoms in total. The lowest BCUT2D eigenvalue weighted by molar-refractivity contribution is -0.0462. The van der Waals surface area contributed by atoms with Crippen molar-refractivity contribution in [3.05, 3.63) is 35.1 Å². The predicted molar refractivity (Wildman–Crippen MR) is 82.4 cm³/mol. The summed E-state index contributed by atoms with van der Waals surface area (Å²) in [5, 5.41) is 0. The minimum absolute atomic E-state index is 0.00911. The van der Waals surface area contributed by atoms with Crippen molar-refractivity contribution in [3.63, 3.8) is 0 Å². The summed E-state index contributed by atoms with van der Waals surface area (Å²) in [6.07, 6.45) is 1.85. The molecule has 21 heavy (non-hydrogen) atoms. The highest BCUT2D eigenvalue weighted by atomic mass is 19.1. The normalized spacial score (nSPS) is 21.4. The fraction of sp³-hybridized carbons (Fsp3) is 0.625. The van der Waals surface area contributed by atoms with Crippen LogP contribution in [-0.4, -0.2) is 43.3 Å². The van der Waals surface area contributed by atoms with Gasteiger partial charge in [-0.15, -0.1) is 0 Å². The summed E-state index contributed by atoms with van der Waals surface area (Å²) in [6.45, 7) is 7.82. The van der Waals surface area contributed by atoms with Gasteiger partial charge in [0.2, 0.25) is 0 Å². The number of hydrogen-bond donors (Lipinski definition) is 2. The Morgan fingerprint density at radius 3 is 3.05 bits per heavy atom. The van der Waals surface area contributed by atoms with E-state index in [0.29, 0.717) is 6.42 Å². The minimum atomic E-state index is -0.205. The fourth-order valence-electron chi connectivity index (χ4n) is 2.89. The van der Waals surface area contributed by atoms with Crippen molar-refractivity contribution >= 4 is 0 Å². The van der Waals surface area contributed by atoms with E-state index in [-0.39, 0.29) is 18.0 Å². The molecule has 0 saturated carbocycles. The SMILES string of the molecule is CCCN1CCOC(C(Cc2cc(F)ccc2C)NN)C1. The molecule has 1 aliphatic rings. The van der Waals surface area contributed by atoms with E-state index in [1.807, 2.05) is 13.0 Å². The van der Waals surface area contributed by atoms with E-state index in [4.69, 9.17) is 10.6 Å². The molecule has 1 fully saturated rings. The third-order valence-electron chi connectivity index (χ3n) is 4.13. The number of aryl methyl sites for hydroxylation is 1. The minimum Gasteiger partial charge on any atom is -0.374 e. The smallest absolute Gasteiger partial charge is 0.123 e. The highest BCUT2D eigenvalue weighted by Gasteiger charge is 2.27. The number of benzene rings is 1. The number of ether oxygens (including phenoxy) is 1. The molecule has 1 aromatic rings. The van der Waals surface area contributed by atoms with Gasteiger partial charge in [-0.1, -0.05) is 13.0 Å². The molecule has 0 aromatic heterocycles. The van der Waals surface area contributed by atoms with Gasteiger partial charge in [-0.3, -0.25) is 16.2 Å². The van der Waals surface area contributed by atoms with Crippen molar-refractivity contribution in [1.29, 1.82) is 0 Å². The van der Waals surface area contributed by atoms with Crippen LogP contribution in [0.3, 0.4) is 0 Å². The molecule has 118 valence electrons. The van der Waals surface area contributed by atoms with Crippen molar-refractivity contribution in [2.24, 2.45) is 5.84 Å². The van der Waals surface area contributed by atoms with Gasteiger partial charge in [-0.05, 0) is 49.6 Å². The number of nitrogens with zero attached hydrogens (tertiary/aromatic N) is 1. The Hall–Kier alpha value is -1.01. The molecule has 0 bridgehead atoms. The van der Waals surface area contributed by atoms with Gasteiger partial charge in [0.05, 0.1) is 18.8 Å². The molecule has 2 atom stereocenters. The third kappa shape index (κ3) is 4.48. The Morgan fingerprint density at radius 1 is 1.52 bits per heavy atom. The summed E-state index contributed by atoms with van der Waals surface area (Å²) < 4.78 is 19.3. The number of hydrogen-bond acceptors (Lipinski definition) is 4. The highest BCUT2D eigenvalue weighted by molar-refractivity contribution is 5.27. The average Bonchev–Trinajstić information content (AvgIpc) is 2.49. The summed E-state index contributed by atoms with van der Waals surface area (Å²) in [6, 6.07) is 4.88. The summed E-state index contributed by atoms with van der Waals surface area (Å²) in [5.41, 5.74) is 4.92. The second-order valence-corrected chi connectivity index (χ2v) is 5.76. The predicted octanol–water partition coefficient (Wildman–Crippen LogP) is 1.62. The highest BCUT2D eigenvalue weighted by Crippen LogP contribution is 2.17. The number of halogens is 1. The van der Waals surface area contributed by atoms with Crippen LogP contribution in [0.4, 0.5) is 4.39 Å². The average molecular weight is 295 g/mol. The Kier molecular flexibility index (Phi) is 6.11. The molecule has 1 saturated heterocycles. The molecule has 0 amide bonds. The molecule has 1 aliphatic heterocycles. The van der Waals surface area contributed by atoms with Gasteiger partial charge >= 0.3 is 0 Å². The molecule has 0 radical (unpaired) electrons. The van der Waals surface area contributed by atoms with Gasteiger partial charge in [-0.2, -0.15) is 0 Å². The maximum atomic E-state index is 13.4. The Balaban J connectivity index is 2.03. The monoisotopic (exact) mass is 295 g/mol. The van der Waals surface area contributed by atoms with Crippen LogP contribution in [0.15, 0.2) is 18.2 Å². The van der Waals surface area contributed by atoms with Gasteiger partial charge in [0.1, 0.15) is 5.82 Å². The van der Waals surface area contributed by atoms with Gasteiger partial charge < -0.3 is 4.74 Å². The first kappa shape index (κ1) is 16.4. The lowest BCUT2D eigenvalue weighted by Gasteiger charge is -2.36. The van der Waals surface area contributed by atoms with Crippen molar-refractivity contribution in [1.82, 2.24) is 10.3 Å². The van der Waals surface area contributed by atoms with Gasteiger partial charge in [-0.25, -0.2) is 4.39 Å². The van der Waals surface area contributed by atoms with Crippen LogP contribution in [0.25, 0.3) is 0 Å². The van der Waals surface area contributed by atoms with Crippen molar-refractivity contribution in [2.45, 2.75) is 38.8 Å². The molecule has 3 N–H and O–H groups in total. The van der Waals surface area contributed by atoms with Crippen LogP contribution in [0.5, 0.6) is 0 Å². The van der Waals surface area contributed by atoms with E-state index in [0.717, 1.165) is 43.8 Å². The molecule has 5 heteroatoms. The van der Waals surface area contributed by atoms with Gasteiger partial charge in [0.25, 0.3) is 0 Å². The lowest BCUT2D eigenvalue weighted by Crippen LogP contribution is -2.54. The molecule has 2 rings (SSSR count). The van der Waals surface area contributed by atoms with E-state index >= 15 is 0 Å². The van der Waals surface area contributed by atoms with Gasteiger partial charge in [0, 0.05) is 13.1 Å². The van der Waals surface area contributed by atoms with Crippen molar-refractivity contribution < 1.29 is 9.13 Å². The van der Waals surface area contributed by atoms with Crippen LogP contribution >= 0.6 is 0 Å². The number of nitrogens with two attached hydrogens (primary N) is 1. The topological polar surface area (TPSA) is 50.5 Å². The largest absolute Gasteiger partial charge is 0.374 e. The molecule has 0 spiro atoms. The zero-order valence-electron chi connectivity index (χ0n) is 12.9. The Labute approximate surface area is 126 Å². The molecule has 0 aliphatic carbocycles. The molecule has 2 unspecified atom stereocenters. The van der Waals surface area contributed by atoms with Crippen LogP contribution in [0.1, 0.15) is 24.5 Å². The summed E-state index contributed by atoms with van der Waals surface area (Å²) in [4.78, 5) is 2.40. The third-order valence-corrected chi connectivity index (χ3v) is 4.13. The molecule has 1 aromatic carbocycles. The van der Waals surface area contributed by atoms with Crippen LogP contribution in [-0.2, 0) is 11.2 Å². The number of rotatable bonds is 6. The maximum Gasteiger partial charge on any atom is 0.123 e. The van der Waals surface area contributed by atoms with Crippen LogP contribution in [0, 0.1) is 12.7 Å². The van der Waals surface area contributed by atoms with E-state index in [1.165, 1.54) is 6.07 Å². The van der Waals surface area contributed by atoms with E-state index in [9.17, 15) is 4.39 Å². The zero-order chi connectivity index (χ0) is 15.2. The summed E-state index contributed by atoms with van der Waals surface area (Å²) >= 11 is 0. The van der Waals surface area contributed by atoms with Crippen LogP contribution in [0.2, 0.25) is 0 Å². The maximum absolute atomic E-state index is 13.4. The van der Waals surface area contributed by atoms with E-state index in [2.05, 4.69) is 17.2 Å². The number of morpholine rings is 1. The second-order valence-electron chi connectivity index (χ2n) is 5.76. The Bertz CT molecular complexity index is 453. The van der Waals surface area contributed by atoms with Crippen LogP contribution < -0.4 is 11.3 Å². The zero-order valence-corrected chi connectivity index (χ0v) is 12.9. The van der Waals surface area contributed by atoms with Gasteiger partial charge in [0.15, 0.2) is 0 Å². The quantitative estimate of drug-likeness (QED) is 0.618. The lowest BCUT2D eigenvalue weighted by atomic mass is 9.97. The first-order chi connectivity index (χ1) is 10.1. The second kappa shape index (κ2) is 7.84. The molecule has 1 heterocycles.